The molecule has 2 rings (SSSR count). The molecule has 0 atom stereocenters. The summed E-state index contributed by atoms with van der Waals surface area (Å²) in [6, 6.07) is 12.6. The molecule has 0 aliphatic carbocycles. The molecule has 3 N–H and O–H groups in total. The van der Waals surface area contributed by atoms with E-state index in [-0.39, 0.29) is 5.91 Å². The highest BCUT2D eigenvalue weighted by molar-refractivity contribution is 14.1. The van der Waals surface area contributed by atoms with Gasteiger partial charge in [0, 0.05) is 16.1 Å². The summed E-state index contributed by atoms with van der Waals surface area (Å²) in [6.07, 6.45) is 0. The molecule has 0 saturated carbocycles. The Bertz CT molecular complexity index is 634. The Hall–Kier alpha value is -1.31. The lowest BCUT2D eigenvalue weighted by Crippen LogP contribution is -2.29. The van der Waals surface area contributed by atoms with Crippen molar-refractivity contribution in [1.29, 1.82) is 0 Å². The van der Waals surface area contributed by atoms with E-state index in [9.17, 15) is 4.79 Å². The van der Waals surface area contributed by atoms with Gasteiger partial charge in [0.05, 0.1) is 3.57 Å². The Morgan fingerprint density at radius 1 is 1.30 bits per heavy atom. The fraction of sp³-hybridized carbons (Fsp3) is 0.0714. The minimum absolute atomic E-state index is 0.333. The number of carbonyl (C=O) groups is 1. The van der Waals surface area contributed by atoms with Crippen molar-refractivity contribution >= 4 is 40.1 Å². The standard InChI is InChI=1S/C14H12ClIN2O2/c15-11-4-2-1-3-10(11)8-20-13-6-5-9(7-12(13)16)14(19)18-17/h1-7H,8,17H2,(H,18,19). The number of nitrogen functional groups attached to an aromatic ring is 1. The normalized spacial score (nSPS) is 10.2. The maximum absolute atomic E-state index is 11.4. The summed E-state index contributed by atoms with van der Waals surface area (Å²) in [4.78, 5) is 11.4. The summed E-state index contributed by atoms with van der Waals surface area (Å²) in [7, 11) is 0. The van der Waals surface area contributed by atoms with Crippen LogP contribution in [0.15, 0.2) is 42.5 Å². The lowest BCUT2D eigenvalue weighted by Gasteiger charge is -2.10. The Balaban J connectivity index is 2.11. The second kappa shape index (κ2) is 6.92. The molecule has 0 aliphatic rings. The smallest absolute Gasteiger partial charge is 0.265 e. The Labute approximate surface area is 135 Å². The van der Waals surface area contributed by atoms with Crippen LogP contribution in [0.3, 0.4) is 0 Å². The predicted octanol–water partition coefficient (Wildman–Crippen LogP) is 3.13. The van der Waals surface area contributed by atoms with E-state index in [4.69, 9.17) is 22.2 Å². The van der Waals surface area contributed by atoms with Gasteiger partial charge in [-0.25, -0.2) is 5.84 Å². The van der Waals surface area contributed by atoms with Gasteiger partial charge in [0.2, 0.25) is 0 Å². The molecule has 1 amide bonds. The fourth-order valence-electron chi connectivity index (χ4n) is 1.61. The molecule has 20 heavy (non-hydrogen) atoms. The van der Waals surface area contributed by atoms with Crippen LogP contribution in [0.25, 0.3) is 0 Å². The van der Waals surface area contributed by atoms with E-state index in [1.807, 2.05) is 24.3 Å². The van der Waals surface area contributed by atoms with Crippen LogP contribution in [0.5, 0.6) is 5.75 Å². The average molecular weight is 403 g/mol. The average Bonchev–Trinajstić information content (AvgIpc) is 2.46. The van der Waals surface area contributed by atoms with Crippen LogP contribution in [0, 0.1) is 3.57 Å². The summed E-state index contributed by atoms with van der Waals surface area (Å²) in [6.45, 7) is 0.373. The number of nitrogens with two attached hydrogens (primary N) is 1. The van der Waals surface area contributed by atoms with Crippen molar-refractivity contribution in [3.8, 4) is 5.75 Å². The molecule has 0 aliphatic heterocycles. The Kier molecular flexibility index (Phi) is 5.22. The number of ether oxygens (including phenoxy) is 1. The van der Waals surface area contributed by atoms with Gasteiger partial charge in [-0.05, 0) is 46.9 Å². The lowest BCUT2D eigenvalue weighted by atomic mass is 10.2. The predicted molar refractivity (Wildman–Crippen MR) is 86.6 cm³/mol. The molecule has 2 aromatic rings. The summed E-state index contributed by atoms with van der Waals surface area (Å²) in [5, 5.41) is 0.668. The van der Waals surface area contributed by atoms with E-state index < -0.39 is 0 Å². The largest absolute Gasteiger partial charge is 0.488 e. The monoisotopic (exact) mass is 402 g/mol. The number of nitrogens with one attached hydrogen (secondary N) is 1. The third-order valence-electron chi connectivity index (χ3n) is 2.67. The summed E-state index contributed by atoms with van der Waals surface area (Å²) in [5.74, 6) is 5.46. The van der Waals surface area contributed by atoms with Crippen molar-refractivity contribution in [2.24, 2.45) is 5.84 Å². The first-order chi connectivity index (χ1) is 9.61. The third-order valence-corrected chi connectivity index (χ3v) is 3.88. The van der Waals surface area contributed by atoms with Gasteiger partial charge < -0.3 is 4.74 Å². The highest BCUT2D eigenvalue weighted by Crippen LogP contribution is 2.24. The molecule has 0 unspecified atom stereocenters. The molecule has 2 aromatic carbocycles. The topological polar surface area (TPSA) is 64.3 Å². The SMILES string of the molecule is NNC(=O)c1ccc(OCc2ccccc2Cl)c(I)c1. The van der Waals surface area contributed by atoms with Crippen molar-refractivity contribution in [2.75, 3.05) is 0 Å². The lowest BCUT2D eigenvalue weighted by molar-refractivity contribution is 0.0953. The van der Waals surface area contributed by atoms with E-state index in [0.717, 1.165) is 9.13 Å². The minimum Gasteiger partial charge on any atom is -0.488 e. The second-order valence-corrected chi connectivity index (χ2v) is 5.57. The number of benzene rings is 2. The number of rotatable bonds is 4. The zero-order chi connectivity index (χ0) is 14.5. The third kappa shape index (κ3) is 3.62. The van der Waals surface area contributed by atoms with Gasteiger partial charge in [0.25, 0.3) is 5.91 Å². The van der Waals surface area contributed by atoms with Gasteiger partial charge in [0.1, 0.15) is 12.4 Å². The van der Waals surface area contributed by atoms with Gasteiger partial charge in [0.15, 0.2) is 0 Å². The maximum Gasteiger partial charge on any atom is 0.265 e. The summed E-state index contributed by atoms with van der Waals surface area (Å²) < 4.78 is 6.55. The first-order valence-corrected chi connectivity index (χ1v) is 7.24. The number of carbonyl (C=O) groups excluding carboxylic acids is 1. The Morgan fingerprint density at radius 2 is 2.05 bits per heavy atom. The number of hydrogen-bond donors (Lipinski definition) is 2. The molecule has 104 valence electrons. The highest BCUT2D eigenvalue weighted by Gasteiger charge is 2.08. The van der Waals surface area contributed by atoms with Gasteiger partial charge in [-0.15, -0.1) is 0 Å². The van der Waals surface area contributed by atoms with Crippen LogP contribution >= 0.6 is 34.2 Å². The minimum atomic E-state index is -0.333. The van der Waals surface area contributed by atoms with Crippen LogP contribution in [0.1, 0.15) is 15.9 Å². The Morgan fingerprint density at radius 3 is 2.70 bits per heavy atom. The molecule has 0 bridgehead atoms. The van der Waals surface area contributed by atoms with E-state index >= 15 is 0 Å². The molecule has 0 radical (unpaired) electrons. The van der Waals surface area contributed by atoms with E-state index in [1.54, 1.807) is 18.2 Å². The van der Waals surface area contributed by atoms with Gasteiger partial charge >= 0.3 is 0 Å². The molecular formula is C14H12ClIN2O2. The van der Waals surface area contributed by atoms with Crippen LogP contribution in [-0.4, -0.2) is 5.91 Å². The number of hydrogen-bond acceptors (Lipinski definition) is 3. The van der Waals surface area contributed by atoms with Gasteiger partial charge in [-0.2, -0.15) is 0 Å². The van der Waals surface area contributed by atoms with E-state index in [1.165, 1.54) is 0 Å². The van der Waals surface area contributed by atoms with Crippen molar-refractivity contribution in [2.45, 2.75) is 6.61 Å². The van der Waals surface area contributed by atoms with Crippen molar-refractivity contribution in [3.63, 3.8) is 0 Å². The highest BCUT2D eigenvalue weighted by atomic mass is 127. The second-order valence-electron chi connectivity index (χ2n) is 4.00. The molecule has 0 saturated heterocycles. The molecule has 4 nitrogen and oxygen atoms in total. The van der Waals surface area contributed by atoms with Crippen LogP contribution < -0.4 is 16.0 Å². The molecule has 0 spiro atoms. The molecule has 0 aromatic heterocycles. The maximum atomic E-state index is 11.4. The van der Waals surface area contributed by atoms with Crippen LogP contribution in [-0.2, 0) is 6.61 Å². The van der Waals surface area contributed by atoms with Crippen LogP contribution in [0.4, 0.5) is 0 Å². The number of halogens is 2. The van der Waals surface area contributed by atoms with Crippen molar-refractivity contribution < 1.29 is 9.53 Å². The van der Waals surface area contributed by atoms with Gasteiger partial charge in [-0.3, -0.25) is 10.2 Å². The van der Waals surface area contributed by atoms with Crippen LogP contribution in [0.2, 0.25) is 5.02 Å². The molecule has 6 heteroatoms. The summed E-state index contributed by atoms with van der Waals surface area (Å²) in [5.41, 5.74) is 3.49. The zero-order valence-electron chi connectivity index (χ0n) is 10.4. The molecule has 0 heterocycles. The quantitative estimate of drug-likeness (QED) is 0.357. The summed E-state index contributed by atoms with van der Waals surface area (Å²) >= 11 is 8.18. The van der Waals surface area contributed by atoms with Crippen molar-refractivity contribution in [3.05, 3.63) is 62.2 Å². The number of hydrazine groups is 1. The number of amides is 1. The first kappa shape index (κ1) is 15.1. The molecule has 0 fully saturated rings. The molecular weight excluding hydrogens is 391 g/mol. The first-order valence-electron chi connectivity index (χ1n) is 5.78. The van der Waals surface area contributed by atoms with Gasteiger partial charge in [-0.1, -0.05) is 29.8 Å². The van der Waals surface area contributed by atoms with E-state index in [0.29, 0.717) is 22.9 Å². The van der Waals surface area contributed by atoms with Crippen molar-refractivity contribution in [1.82, 2.24) is 5.43 Å². The fourth-order valence-corrected chi connectivity index (χ4v) is 2.47. The zero-order valence-corrected chi connectivity index (χ0v) is 13.3. The van der Waals surface area contributed by atoms with E-state index in [2.05, 4.69) is 28.0 Å².